The highest BCUT2D eigenvalue weighted by molar-refractivity contribution is 5.86. The van der Waals surface area contributed by atoms with Crippen molar-refractivity contribution in [1.29, 1.82) is 0 Å². The molecule has 0 bridgehead atoms. The summed E-state index contributed by atoms with van der Waals surface area (Å²) in [6, 6.07) is 5.78. The third kappa shape index (κ3) is 5.38. The van der Waals surface area contributed by atoms with Crippen LogP contribution in [-0.4, -0.2) is 45.7 Å². The van der Waals surface area contributed by atoms with Gasteiger partial charge in [0.2, 0.25) is 5.91 Å². The van der Waals surface area contributed by atoms with Crippen molar-refractivity contribution in [3.63, 3.8) is 0 Å². The maximum absolute atomic E-state index is 13.5. The molecule has 1 aromatic heterocycles. The van der Waals surface area contributed by atoms with E-state index < -0.39 is 41.0 Å². The highest BCUT2D eigenvalue weighted by atomic mass is 19.4. The summed E-state index contributed by atoms with van der Waals surface area (Å²) in [6.07, 6.45) is -4.75. The smallest absolute Gasteiger partial charge is 0.433 e. The highest BCUT2D eigenvalue weighted by Crippen LogP contribution is 2.38. The van der Waals surface area contributed by atoms with Crippen LogP contribution in [-0.2, 0) is 21.3 Å². The van der Waals surface area contributed by atoms with Crippen LogP contribution in [0.2, 0.25) is 0 Å². The number of likely N-dealkylation sites (tertiary alicyclic amines) is 1. The molecule has 2 aromatic rings. The number of hydrogen-bond acceptors (Lipinski definition) is 5. The van der Waals surface area contributed by atoms with E-state index in [9.17, 15) is 27.9 Å². The second-order valence-corrected chi connectivity index (χ2v) is 9.45. The molecule has 2 amide bonds. The summed E-state index contributed by atoms with van der Waals surface area (Å²) in [6.45, 7) is 7.13. The van der Waals surface area contributed by atoms with E-state index in [1.165, 1.54) is 30.0 Å². The van der Waals surface area contributed by atoms with Crippen LogP contribution in [0.5, 0.6) is 0 Å². The Morgan fingerprint density at radius 2 is 1.79 bits per heavy atom. The molecule has 10 heteroatoms. The van der Waals surface area contributed by atoms with Crippen molar-refractivity contribution >= 4 is 22.9 Å². The van der Waals surface area contributed by atoms with E-state index in [-0.39, 0.29) is 37.0 Å². The second-order valence-electron chi connectivity index (χ2n) is 9.45. The van der Waals surface area contributed by atoms with Crippen LogP contribution >= 0.6 is 0 Å². The lowest BCUT2D eigenvalue weighted by atomic mass is 9.83. The van der Waals surface area contributed by atoms with Crippen LogP contribution < -0.4 is 5.73 Å². The molecule has 0 aliphatic carbocycles. The van der Waals surface area contributed by atoms with Crippen LogP contribution in [0.3, 0.4) is 0 Å². The van der Waals surface area contributed by atoms with Crippen LogP contribution in [0.25, 0.3) is 10.9 Å². The number of fused-ring (bicyclic) bond motifs is 1. The van der Waals surface area contributed by atoms with Gasteiger partial charge in [0.1, 0.15) is 11.3 Å². The third-order valence-corrected chi connectivity index (χ3v) is 5.79. The van der Waals surface area contributed by atoms with Gasteiger partial charge in [-0.2, -0.15) is 13.2 Å². The number of carbonyl (C=O) groups is 2. The fourth-order valence-corrected chi connectivity index (χ4v) is 3.87. The zero-order valence-corrected chi connectivity index (χ0v) is 19.0. The average molecular weight is 467 g/mol. The lowest BCUT2D eigenvalue weighted by Gasteiger charge is -2.39. The molecule has 3 rings (SSSR count). The van der Waals surface area contributed by atoms with Crippen molar-refractivity contribution in [2.45, 2.75) is 63.8 Å². The highest BCUT2D eigenvalue weighted by Gasteiger charge is 2.39. The molecule has 1 unspecified atom stereocenters. The van der Waals surface area contributed by atoms with Crippen LogP contribution in [0.4, 0.5) is 18.0 Å². The summed E-state index contributed by atoms with van der Waals surface area (Å²) in [5, 5.41) is 11.6. The van der Waals surface area contributed by atoms with Crippen molar-refractivity contribution < 1.29 is 32.6 Å². The Kier molecular flexibility index (Phi) is 6.36. The molecule has 1 atom stereocenters. The largest absolute Gasteiger partial charge is 0.444 e. The predicted octanol–water partition coefficient (Wildman–Crippen LogP) is 4.06. The van der Waals surface area contributed by atoms with Gasteiger partial charge in [-0.25, -0.2) is 9.78 Å². The number of aliphatic hydroxyl groups is 1. The van der Waals surface area contributed by atoms with Gasteiger partial charge >= 0.3 is 12.3 Å². The van der Waals surface area contributed by atoms with Crippen molar-refractivity contribution in [2.24, 2.45) is 5.73 Å². The van der Waals surface area contributed by atoms with E-state index in [1.807, 2.05) is 0 Å². The van der Waals surface area contributed by atoms with Crippen molar-refractivity contribution in [2.75, 3.05) is 13.1 Å². The van der Waals surface area contributed by atoms with Gasteiger partial charge in [0.05, 0.1) is 17.0 Å². The van der Waals surface area contributed by atoms with Gasteiger partial charge in [0, 0.05) is 18.5 Å². The molecule has 0 spiro atoms. The summed E-state index contributed by atoms with van der Waals surface area (Å²) in [5.41, 5.74) is 2.46. The van der Waals surface area contributed by atoms with Gasteiger partial charge in [-0.15, -0.1) is 0 Å². The summed E-state index contributed by atoms with van der Waals surface area (Å²) in [4.78, 5) is 29.1. The SMILES string of the molecule is CC(C(N)=O)c1cc2cc(C3(O)CCN(C(=O)OC(C)(C)C)CC3)ccc2nc1C(F)(F)F. The van der Waals surface area contributed by atoms with E-state index in [4.69, 9.17) is 10.5 Å². The molecule has 1 saturated heterocycles. The standard InChI is InChI=1S/C23H28F3N3O4/c1-13(19(27)30)16-12-14-11-15(5-6-17(14)28-18(16)23(24,25)26)22(32)7-9-29(10-8-22)20(31)33-21(2,3)4/h5-6,11-13,32H,7-10H2,1-4H3,(H2,27,30). The zero-order valence-electron chi connectivity index (χ0n) is 19.0. The molecule has 1 aliphatic rings. The monoisotopic (exact) mass is 467 g/mol. The van der Waals surface area contributed by atoms with Crippen LogP contribution in [0.15, 0.2) is 24.3 Å². The number of aromatic nitrogens is 1. The Morgan fingerprint density at radius 3 is 2.30 bits per heavy atom. The number of alkyl halides is 3. The number of pyridine rings is 1. The molecule has 7 nitrogen and oxygen atoms in total. The Labute approximate surface area is 189 Å². The fourth-order valence-electron chi connectivity index (χ4n) is 3.87. The first-order chi connectivity index (χ1) is 15.1. The molecular weight excluding hydrogens is 439 g/mol. The second kappa shape index (κ2) is 8.48. The van der Waals surface area contributed by atoms with E-state index >= 15 is 0 Å². The molecule has 33 heavy (non-hydrogen) atoms. The Morgan fingerprint density at radius 1 is 1.18 bits per heavy atom. The van der Waals surface area contributed by atoms with Gasteiger partial charge in [-0.1, -0.05) is 6.07 Å². The third-order valence-electron chi connectivity index (χ3n) is 5.79. The van der Waals surface area contributed by atoms with Crippen LogP contribution in [0, 0.1) is 0 Å². The molecule has 0 radical (unpaired) electrons. The minimum Gasteiger partial charge on any atom is -0.444 e. The van der Waals surface area contributed by atoms with Gasteiger partial charge in [0.15, 0.2) is 0 Å². The minimum absolute atomic E-state index is 0.0845. The first kappa shape index (κ1) is 24.8. The van der Waals surface area contributed by atoms with Gasteiger partial charge < -0.3 is 20.5 Å². The van der Waals surface area contributed by atoms with Gasteiger partial charge in [0.25, 0.3) is 0 Å². The maximum Gasteiger partial charge on any atom is 0.433 e. The first-order valence-corrected chi connectivity index (χ1v) is 10.6. The number of nitrogens with two attached hydrogens (primary N) is 1. The quantitative estimate of drug-likeness (QED) is 0.708. The maximum atomic E-state index is 13.5. The molecule has 3 N–H and O–H groups in total. The van der Waals surface area contributed by atoms with Crippen molar-refractivity contribution in [1.82, 2.24) is 9.88 Å². The first-order valence-electron chi connectivity index (χ1n) is 10.6. The number of piperidine rings is 1. The number of carbonyl (C=O) groups excluding carboxylic acids is 2. The topological polar surface area (TPSA) is 106 Å². The van der Waals surface area contributed by atoms with Crippen molar-refractivity contribution in [3.05, 3.63) is 41.1 Å². The number of amides is 2. The molecule has 2 heterocycles. The number of hydrogen-bond donors (Lipinski definition) is 2. The summed E-state index contributed by atoms with van der Waals surface area (Å²) in [5.74, 6) is -2.09. The molecule has 1 aromatic carbocycles. The lowest BCUT2D eigenvalue weighted by molar-refractivity contribution is -0.141. The van der Waals surface area contributed by atoms with E-state index in [0.717, 1.165) is 0 Å². The molecule has 180 valence electrons. The molecular formula is C23H28F3N3O4. The predicted molar refractivity (Wildman–Crippen MR) is 115 cm³/mol. The summed E-state index contributed by atoms with van der Waals surface area (Å²) >= 11 is 0. The summed E-state index contributed by atoms with van der Waals surface area (Å²) in [7, 11) is 0. The van der Waals surface area contributed by atoms with E-state index in [2.05, 4.69) is 4.98 Å². The minimum atomic E-state index is -4.75. The fraction of sp³-hybridized carbons (Fsp3) is 0.522. The Bertz CT molecular complexity index is 1070. The lowest BCUT2D eigenvalue weighted by Crippen LogP contribution is -2.46. The van der Waals surface area contributed by atoms with Crippen molar-refractivity contribution in [3.8, 4) is 0 Å². The normalized spacial score (nSPS) is 17.6. The number of nitrogens with zero attached hydrogens (tertiary/aromatic N) is 2. The molecule has 1 fully saturated rings. The Balaban J connectivity index is 1.92. The number of benzene rings is 1. The number of primary amides is 1. The molecule has 1 aliphatic heterocycles. The van der Waals surface area contributed by atoms with Crippen LogP contribution in [0.1, 0.15) is 63.3 Å². The number of ether oxygens (including phenoxy) is 1. The van der Waals surface area contributed by atoms with E-state index in [0.29, 0.717) is 10.9 Å². The average Bonchev–Trinajstić information content (AvgIpc) is 2.70. The number of rotatable bonds is 3. The van der Waals surface area contributed by atoms with Gasteiger partial charge in [-0.05, 0) is 69.9 Å². The Hall–Kier alpha value is -2.88. The zero-order chi connectivity index (χ0) is 24.8. The van der Waals surface area contributed by atoms with Gasteiger partial charge in [-0.3, -0.25) is 4.79 Å². The number of halogens is 3. The summed E-state index contributed by atoms with van der Waals surface area (Å²) < 4.78 is 46.0. The molecule has 0 saturated carbocycles. The van der Waals surface area contributed by atoms with E-state index in [1.54, 1.807) is 26.8 Å².